The molecule has 0 spiro atoms. The van der Waals surface area contributed by atoms with Crippen molar-refractivity contribution in [1.29, 1.82) is 0 Å². The first kappa shape index (κ1) is 23.2. The standard InChI is InChI=1S/C22H41BrO2/c1-3-4-5-6-7-8-9-10-13-21(23)16-15-20(2)17-19-25-22-14-11-12-18-24-22/h17,21-22H,3-16,18-19H2,1-2H3. The van der Waals surface area contributed by atoms with Crippen LogP contribution >= 0.6 is 15.9 Å². The molecule has 0 aromatic rings. The summed E-state index contributed by atoms with van der Waals surface area (Å²) in [6.07, 6.45) is 20.7. The van der Waals surface area contributed by atoms with E-state index in [0.717, 1.165) is 13.0 Å². The van der Waals surface area contributed by atoms with Crippen molar-refractivity contribution in [3.8, 4) is 0 Å². The van der Waals surface area contributed by atoms with E-state index < -0.39 is 0 Å². The number of ether oxygens (including phenoxy) is 2. The fraction of sp³-hybridized carbons (Fsp3) is 0.909. The van der Waals surface area contributed by atoms with E-state index >= 15 is 0 Å². The van der Waals surface area contributed by atoms with Crippen molar-refractivity contribution in [3.05, 3.63) is 11.6 Å². The molecule has 2 atom stereocenters. The lowest BCUT2D eigenvalue weighted by Crippen LogP contribution is -2.22. The second-order valence-corrected chi connectivity index (χ2v) is 8.87. The molecular formula is C22H41BrO2. The third kappa shape index (κ3) is 13.9. The summed E-state index contributed by atoms with van der Waals surface area (Å²) in [4.78, 5) is 0.665. The Morgan fingerprint density at radius 2 is 1.80 bits per heavy atom. The lowest BCUT2D eigenvalue weighted by Gasteiger charge is -2.22. The maximum Gasteiger partial charge on any atom is 0.157 e. The zero-order chi connectivity index (χ0) is 18.2. The highest BCUT2D eigenvalue weighted by Crippen LogP contribution is 2.20. The SMILES string of the molecule is CCCCCCCCCCC(Br)CCC(C)=CCOC1CCCCO1. The lowest BCUT2D eigenvalue weighted by atomic mass is 10.0. The number of unbranched alkanes of at least 4 members (excludes halogenated alkanes) is 7. The summed E-state index contributed by atoms with van der Waals surface area (Å²) < 4.78 is 11.4. The molecule has 2 unspecified atom stereocenters. The van der Waals surface area contributed by atoms with Gasteiger partial charge in [0.25, 0.3) is 0 Å². The zero-order valence-corrected chi connectivity index (χ0v) is 18.3. The number of rotatable bonds is 15. The Morgan fingerprint density at radius 3 is 2.48 bits per heavy atom. The van der Waals surface area contributed by atoms with Crippen molar-refractivity contribution >= 4 is 15.9 Å². The van der Waals surface area contributed by atoms with E-state index in [4.69, 9.17) is 9.47 Å². The minimum absolute atomic E-state index is 0.0312. The van der Waals surface area contributed by atoms with E-state index in [1.807, 2.05) is 0 Å². The summed E-state index contributed by atoms with van der Waals surface area (Å²) in [5.41, 5.74) is 1.44. The van der Waals surface area contributed by atoms with Crippen LogP contribution in [0.25, 0.3) is 0 Å². The lowest BCUT2D eigenvalue weighted by molar-refractivity contribution is -0.155. The maximum atomic E-state index is 5.78. The summed E-state index contributed by atoms with van der Waals surface area (Å²) in [5.74, 6) is 0. The normalized spacial score (nSPS) is 20.0. The second-order valence-electron chi connectivity index (χ2n) is 7.58. The van der Waals surface area contributed by atoms with Crippen LogP contribution in [0.1, 0.15) is 104 Å². The summed E-state index contributed by atoms with van der Waals surface area (Å²) in [6, 6.07) is 0. The minimum atomic E-state index is 0.0312. The molecule has 0 aliphatic carbocycles. The Kier molecular flexibility index (Phi) is 15.1. The third-order valence-electron chi connectivity index (χ3n) is 5.07. The predicted octanol–water partition coefficient (Wildman–Crippen LogP) is 7.55. The first-order valence-corrected chi connectivity index (χ1v) is 11.7. The molecule has 1 aliphatic rings. The molecule has 0 N–H and O–H groups in total. The Morgan fingerprint density at radius 1 is 1.08 bits per heavy atom. The molecule has 0 bridgehead atoms. The van der Waals surface area contributed by atoms with Crippen molar-refractivity contribution in [2.24, 2.45) is 0 Å². The van der Waals surface area contributed by atoms with Gasteiger partial charge in [0.15, 0.2) is 6.29 Å². The van der Waals surface area contributed by atoms with Gasteiger partial charge in [0.05, 0.1) is 6.61 Å². The molecule has 1 saturated heterocycles. The third-order valence-corrected chi connectivity index (χ3v) is 5.99. The van der Waals surface area contributed by atoms with E-state index in [1.54, 1.807) is 0 Å². The molecule has 0 saturated carbocycles. The first-order chi connectivity index (χ1) is 12.2. The fourth-order valence-corrected chi connectivity index (χ4v) is 3.82. The summed E-state index contributed by atoms with van der Waals surface area (Å²) in [7, 11) is 0. The highest BCUT2D eigenvalue weighted by molar-refractivity contribution is 9.09. The fourth-order valence-electron chi connectivity index (χ4n) is 3.27. The van der Waals surface area contributed by atoms with Gasteiger partial charge in [0, 0.05) is 11.4 Å². The van der Waals surface area contributed by atoms with E-state index in [0.29, 0.717) is 11.4 Å². The predicted molar refractivity (Wildman–Crippen MR) is 112 cm³/mol. The topological polar surface area (TPSA) is 18.5 Å². The first-order valence-electron chi connectivity index (χ1n) is 10.7. The highest BCUT2D eigenvalue weighted by atomic mass is 79.9. The van der Waals surface area contributed by atoms with Crippen LogP contribution in [0, 0.1) is 0 Å². The quantitative estimate of drug-likeness (QED) is 0.156. The smallest absolute Gasteiger partial charge is 0.157 e. The van der Waals surface area contributed by atoms with Gasteiger partial charge in [-0.25, -0.2) is 0 Å². The van der Waals surface area contributed by atoms with Gasteiger partial charge in [-0.15, -0.1) is 0 Å². The van der Waals surface area contributed by atoms with Crippen molar-refractivity contribution in [2.75, 3.05) is 13.2 Å². The Bertz CT molecular complexity index is 324. The number of halogens is 1. The molecule has 0 aromatic heterocycles. The summed E-state index contributed by atoms with van der Waals surface area (Å²) in [5, 5.41) is 0. The van der Waals surface area contributed by atoms with Crippen LogP contribution in [-0.2, 0) is 9.47 Å². The molecule has 25 heavy (non-hydrogen) atoms. The molecule has 0 amide bonds. The van der Waals surface area contributed by atoms with Gasteiger partial charge in [-0.1, -0.05) is 85.9 Å². The number of hydrogen-bond donors (Lipinski definition) is 0. The monoisotopic (exact) mass is 416 g/mol. The Balaban J connectivity index is 1.93. The number of alkyl halides is 1. The maximum absolute atomic E-state index is 5.78. The molecule has 1 rings (SSSR count). The van der Waals surface area contributed by atoms with Crippen LogP contribution in [0.5, 0.6) is 0 Å². The molecule has 1 heterocycles. The van der Waals surface area contributed by atoms with Gasteiger partial charge >= 0.3 is 0 Å². The molecule has 3 heteroatoms. The van der Waals surface area contributed by atoms with Crippen LogP contribution in [0.4, 0.5) is 0 Å². The van der Waals surface area contributed by atoms with Crippen LogP contribution < -0.4 is 0 Å². The minimum Gasteiger partial charge on any atom is -0.353 e. The zero-order valence-electron chi connectivity index (χ0n) is 16.7. The molecule has 0 aromatic carbocycles. The van der Waals surface area contributed by atoms with Gasteiger partial charge in [0.1, 0.15) is 0 Å². The van der Waals surface area contributed by atoms with Crippen molar-refractivity contribution in [1.82, 2.24) is 0 Å². The highest BCUT2D eigenvalue weighted by Gasteiger charge is 2.13. The van der Waals surface area contributed by atoms with Crippen LogP contribution in [-0.4, -0.2) is 24.3 Å². The number of allylic oxidation sites excluding steroid dienone is 1. The average molecular weight is 417 g/mol. The Labute approximate surface area is 165 Å². The van der Waals surface area contributed by atoms with Gasteiger partial charge in [-0.2, -0.15) is 0 Å². The van der Waals surface area contributed by atoms with Gasteiger partial charge in [-0.05, 0) is 45.4 Å². The molecular weight excluding hydrogens is 376 g/mol. The summed E-state index contributed by atoms with van der Waals surface area (Å²) in [6.45, 7) is 6.06. The largest absolute Gasteiger partial charge is 0.353 e. The summed E-state index contributed by atoms with van der Waals surface area (Å²) >= 11 is 3.86. The second kappa shape index (κ2) is 16.3. The molecule has 0 radical (unpaired) electrons. The molecule has 2 nitrogen and oxygen atoms in total. The van der Waals surface area contributed by atoms with Crippen LogP contribution in [0.3, 0.4) is 0 Å². The van der Waals surface area contributed by atoms with Crippen molar-refractivity contribution < 1.29 is 9.47 Å². The van der Waals surface area contributed by atoms with E-state index in [1.165, 1.54) is 89.0 Å². The van der Waals surface area contributed by atoms with Crippen molar-refractivity contribution in [3.63, 3.8) is 0 Å². The van der Waals surface area contributed by atoms with E-state index in [2.05, 4.69) is 35.9 Å². The van der Waals surface area contributed by atoms with Gasteiger partial charge < -0.3 is 9.47 Å². The molecule has 1 aliphatic heterocycles. The van der Waals surface area contributed by atoms with Crippen LogP contribution in [0.2, 0.25) is 0 Å². The molecule has 148 valence electrons. The number of hydrogen-bond acceptors (Lipinski definition) is 2. The van der Waals surface area contributed by atoms with E-state index in [-0.39, 0.29) is 6.29 Å². The van der Waals surface area contributed by atoms with Gasteiger partial charge in [0.2, 0.25) is 0 Å². The van der Waals surface area contributed by atoms with E-state index in [9.17, 15) is 0 Å². The Hall–Kier alpha value is 0.140. The average Bonchev–Trinajstić information content (AvgIpc) is 2.63. The van der Waals surface area contributed by atoms with Crippen LogP contribution in [0.15, 0.2) is 11.6 Å². The molecule has 1 fully saturated rings. The van der Waals surface area contributed by atoms with Crippen molar-refractivity contribution in [2.45, 2.75) is 115 Å². The van der Waals surface area contributed by atoms with Gasteiger partial charge in [-0.3, -0.25) is 0 Å².